The third-order valence-corrected chi connectivity index (χ3v) is 2.35. The van der Waals surface area contributed by atoms with Crippen molar-refractivity contribution in [1.29, 1.82) is 0 Å². The quantitative estimate of drug-likeness (QED) is 0.488. The lowest BCUT2D eigenvalue weighted by atomic mass is 10.2. The van der Waals surface area contributed by atoms with Gasteiger partial charge < -0.3 is 9.47 Å². The molecule has 1 rings (SSSR count). The maximum Gasteiger partial charge on any atom is 0.338 e. The number of thiol groups is 1. The first-order valence-corrected chi connectivity index (χ1v) is 5.67. The molecule has 4 heteroatoms. The minimum Gasteiger partial charge on any atom is -0.497 e. The van der Waals surface area contributed by atoms with Gasteiger partial charge in [-0.15, -0.1) is 12.6 Å². The van der Waals surface area contributed by atoms with Crippen LogP contribution in [0.2, 0.25) is 0 Å². The lowest BCUT2D eigenvalue weighted by molar-refractivity contribution is 0.0499. The van der Waals surface area contributed by atoms with E-state index in [0.29, 0.717) is 22.8 Å². The predicted octanol–water partition coefficient (Wildman–Crippen LogP) is 2.94. The Bertz CT molecular complexity index is 363. The maximum atomic E-state index is 11.6. The van der Waals surface area contributed by atoms with E-state index in [4.69, 9.17) is 9.47 Å². The molecule has 0 spiro atoms. The number of methoxy groups -OCH3 is 1. The smallest absolute Gasteiger partial charge is 0.338 e. The summed E-state index contributed by atoms with van der Waals surface area (Å²) in [5.74, 6) is 0.276. The van der Waals surface area contributed by atoms with Crippen molar-refractivity contribution in [3.8, 4) is 5.75 Å². The van der Waals surface area contributed by atoms with E-state index < -0.39 is 0 Å². The summed E-state index contributed by atoms with van der Waals surface area (Å²) in [5.41, 5.74) is 0.473. The highest BCUT2D eigenvalue weighted by Crippen LogP contribution is 2.20. The topological polar surface area (TPSA) is 35.5 Å². The number of benzene rings is 1. The molecule has 1 aromatic carbocycles. The van der Waals surface area contributed by atoms with Crippen molar-refractivity contribution in [2.24, 2.45) is 0 Å². The van der Waals surface area contributed by atoms with Gasteiger partial charge in [-0.1, -0.05) is 13.3 Å². The van der Waals surface area contributed by atoms with E-state index in [9.17, 15) is 4.79 Å². The molecule has 88 valence electrons. The van der Waals surface area contributed by atoms with Crippen LogP contribution in [0.15, 0.2) is 23.1 Å². The second-order valence-electron chi connectivity index (χ2n) is 3.41. The van der Waals surface area contributed by atoms with Crippen LogP contribution in [0, 0.1) is 0 Å². The number of carbonyl (C=O) groups excluding carboxylic acids is 1. The van der Waals surface area contributed by atoms with Crippen LogP contribution in [0.4, 0.5) is 0 Å². The van der Waals surface area contributed by atoms with Gasteiger partial charge in [-0.05, 0) is 24.6 Å². The third kappa shape index (κ3) is 3.77. The van der Waals surface area contributed by atoms with E-state index in [1.165, 1.54) is 0 Å². The minimum atomic E-state index is -0.331. The molecule has 16 heavy (non-hydrogen) atoms. The molecule has 0 atom stereocenters. The van der Waals surface area contributed by atoms with Gasteiger partial charge >= 0.3 is 5.97 Å². The highest BCUT2D eigenvalue weighted by molar-refractivity contribution is 7.80. The Morgan fingerprint density at radius 2 is 2.12 bits per heavy atom. The summed E-state index contributed by atoms with van der Waals surface area (Å²) in [7, 11) is 1.55. The van der Waals surface area contributed by atoms with Crippen LogP contribution >= 0.6 is 12.6 Å². The number of unbranched alkanes of at least 4 members (excludes halogenated alkanes) is 1. The van der Waals surface area contributed by atoms with E-state index in [2.05, 4.69) is 12.6 Å². The molecule has 0 aliphatic rings. The van der Waals surface area contributed by atoms with Crippen LogP contribution in [0.3, 0.4) is 0 Å². The first-order chi connectivity index (χ1) is 7.67. The highest BCUT2D eigenvalue weighted by atomic mass is 32.1. The first kappa shape index (κ1) is 12.9. The zero-order valence-corrected chi connectivity index (χ0v) is 10.4. The fraction of sp³-hybridized carbons (Fsp3) is 0.417. The summed E-state index contributed by atoms with van der Waals surface area (Å²) >= 11 is 4.19. The molecule has 0 unspecified atom stereocenters. The van der Waals surface area contributed by atoms with Crippen molar-refractivity contribution < 1.29 is 14.3 Å². The molecule has 0 saturated heterocycles. The Hall–Kier alpha value is -1.16. The first-order valence-electron chi connectivity index (χ1n) is 5.22. The second kappa shape index (κ2) is 6.43. The number of ether oxygens (including phenoxy) is 2. The predicted molar refractivity (Wildman–Crippen MR) is 65.4 cm³/mol. The molecule has 0 heterocycles. The molecule has 0 aliphatic carbocycles. The molecule has 1 aromatic rings. The van der Waals surface area contributed by atoms with Crippen molar-refractivity contribution in [3.63, 3.8) is 0 Å². The molecule has 0 bridgehead atoms. The van der Waals surface area contributed by atoms with Crippen LogP contribution in [0.5, 0.6) is 5.75 Å². The van der Waals surface area contributed by atoms with Gasteiger partial charge in [0.25, 0.3) is 0 Å². The third-order valence-electron chi connectivity index (χ3n) is 2.09. The van der Waals surface area contributed by atoms with E-state index in [1.54, 1.807) is 25.3 Å². The van der Waals surface area contributed by atoms with Gasteiger partial charge in [0.05, 0.1) is 19.3 Å². The van der Waals surface area contributed by atoms with Gasteiger partial charge in [0.2, 0.25) is 0 Å². The van der Waals surface area contributed by atoms with Crippen molar-refractivity contribution in [1.82, 2.24) is 0 Å². The summed E-state index contributed by atoms with van der Waals surface area (Å²) in [6, 6.07) is 5.06. The summed E-state index contributed by atoms with van der Waals surface area (Å²) in [4.78, 5) is 12.3. The van der Waals surface area contributed by atoms with E-state index >= 15 is 0 Å². The van der Waals surface area contributed by atoms with Gasteiger partial charge in [-0.25, -0.2) is 4.79 Å². The van der Waals surface area contributed by atoms with Gasteiger partial charge in [0, 0.05) is 4.90 Å². The minimum absolute atomic E-state index is 0.331. The fourth-order valence-electron chi connectivity index (χ4n) is 1.21. The molecule has 0 radical (unpaired) electrons. The zero-order chi connectivity index (χ0) is 12.0. The summed E-state index contributed by atoms with van der Waals surface area (Å²) in [6.07, 6.45) is 1.88. The van der Waals surface area contributed by atoms with Gasteiger partial charge in [0.1, 0.15) is 5.75 Å². The Kier molecular flexibility index (Phi) is 5.19. The number of hydrogen-bond acceptors (Lipinski definition) is 4. The number of hydrogen-bond donors (Lipinski definition) is 1. The summed E-state index contributed by atoms with van der Waals surface area (Å²) in [6.45, 7) is 2.50. The average molecular weight is 240 g/mol. The monoisotopic (exact) mass is 240 g/mol. The highest BCUT2D eigenvalue weighted by Gasteiger charge is 2.09. The molecule has 3 nitrogen and oxygen atoms in total. The van der Waals surface area contributed by atoms with E-state index in [0.717, 1.165) is 12.8 Å². The van der Waals surface area contributed by atoms with Crippen molar-refractivity contribution in [3.05, 3.63) is 23.8 Å². The lowest BCUT2D eigenvalue weighted by Gasteiger charge is -2.06. The Labute approximate surface area is 101 Å². The molecule has 0 saturated carbocycles. The second-order valence-corrected chi connectivity index (χ2v) is 3.93. The lowest BCUT2D eigenvalue weighted by Crippen LogP contribution is -2.06. The molecular weight excluding hydrogens is 224 g/mol. The van der Waals surface area contributed by atoms with Crippen molar-refractivity contribution in [2.75, 3.05) is 13.7 Å². The SMILES string of the molecule is CCCCOC(=O)c1cc(S)cc(OC)c1. The van der Waals surface area contributed by atoms with Crippen LogP contribution in [-0.4, -0.2) is 19.7 Å². The van der Waals surface area contributed by atoms with E-state index in [1.807, 2.05) is 6.92 Å². The molecule has 0 amide bonds. The van der Waals surface area contributed by atoms with Crippen molar-refractivity contribution in [2.45, 2.75) is 24.7 Å². The normalized spacial score (nSPS) is 9.94. The average Bonchev–Trinajstić information content (AvgIpc) is 2.28. The number of esters is 1. The van der Waals surface area contributed by atoms with Gasteiger partial charge in [-0.3, -0.25) is 0 Å². The molecule has 0 fully saturated rings. The Morgan fingerprint density at radius 1 is 1.38 bits per heavy atom. The van der Waals surface area contributed by atoms with Crippen LogP contribution in [-0.2, 0) is 4.74 Å². The molecular formula is C12H16O3S. The van der Waals surface area contributed by atoms with Gasteiger partial charge in [0.15, 0.2) is 0 Å². The van der Waals surface area contributed by atoms with Crippen molar-refractivity contribution >= 4 is 18.6 Å². The van der Waals surface area contributed by atoms with Gasteiger partial charge in [-0.2, -0.15) is 0 Å². The Balaban J connectivity index is 2.71. The van der Waals surface area contributed by atoms with Crippen LogP contribution in [0.1, 0.15) is 30.1 Å². The standard InChI is InChI=1S/C12H16O3S/c1-3-4-5-15-12(13)9-6-10(14-2)8-11(16)7-9/h6-8,16H,3-5H2,1-2H3. The van der Waals surface area contributed by atoms with Crippen LogP contribution in [0.25, 0.3) is 0 Å². The number of rotatable bonds is 5. The van der Waals surface area contributed by atoms with Crippen LogP contribution < -0.4 is 4.74 Å². The summed E-state index contributed by atoms with van der Waals surface area (Å²) in [5, 5.41) is 0. The maximum absolute atomic E-state index is 11.6. The number of carbonyl (C=O) groups is 1. The molecule has 0 aromatic heterocycles. The molecule has 0 aliphatic heterocycles. The van der Waals surface area contributed by atoms with E-state index in [-0.39, 0.29) is 5.97 Å². The molecule has 0 N–H and O–H groups in total. The fourth-order valence-corrected chi connectivity index (χ4v) is 1.48. The zero-order valence-electron chi connectivity index (χ0n) is 9.53. The largest absolute Gasteiger partial charge is 0.497 e. The Morgan fingerprint density at radius 3 is 2.75 bits per heavy atom. The summed E-state index contributed by atoms with van der Waals surface area (Å²) < 4.78 is 10.1.